The Kier molecular flexibility index (Phi) is 4.75. The van der Waals surface area contributed by atoms with Crippen molar-refractivity contribution < 1.29 is 4.79 Å². The summed E-state index contributed by atoms with van der Waals surface area (Å²) in [6.45, 7) is 0. The van der Waals surface area contributed by atoms with E-state index in [2.05, 4.69) is 15.4 Å². The topological polar surface area (TPSA) is 59.8 Å². The van der Waals surface area contributed by atoms with Gasteiger partial charge in [0.05, 0.1) is 0 Å². The second kappa shape index (κ2) is 6.18. The van der Waals surface area contributed by atoms with E-state index in [0.717, 1.165) is 0 Å². The minimum Gasteiger partial charge on any atom is -0.327 e. The van der Waals surface area contributed by atoms with Crippen molar-refractivity contribution in [3.8, 4) is 0 Å². The van der Waals surface area contributed by atoms with Crippen LogP contribution >= 0.6 is 46.4 Å². The molecule has 0 saturated heterocycles. The van der Waals surface area contributed by atoms with Gasteiger partial charge in [0, 0.05) is 10.6 Å². The third-order valence-corrected chi connectivity index (χ3v) is 3.22. The SMILES string of the molecule is O=C(NC(n1cncn1)C(Cl)(Cl)Cl)c1cccc(Cl)c1. The monoisotopic (exact) mass is 352 g/mol. The lowest BCUT2D eigenvalue weighted by Gasteiger charge is -2.25. The first-order valence-electron chi connectivity index (χ1n) is 5.35. The zero-order chi connectivity index (χ0) is 14.8. The van der Waals surface area contributed by atoms with Crippen LogP contribution in [0.4, 0.5) is 0 Å². The predicted molar refractivity (Wildman–Crippen MR) is 78.3 cm³/mol. The number of hydrogen-bond acceptors (Lipinski definition) is 3. The van der Waals surface area contributed by atoms with Crippen LogP contribution in [-0.2, 0) is 0 Å². The molecule has 0 aliphatic carbocycles. The van der Waals surface area contributed by atoms with Crippen LogP contribution in [0.3, 0.4) is 0 Å². The fraction of sp³-hybridized carbons (Fsp3) is 0.182. The van der Waals surface area contributed by atoms with Crippen molar-refractivity contribution in [1.82, 2.24) is 20.1 Å². The fourth-order valence-corrected chi connectivity index (χ4v) is 2.14. The summed E-state index contributed by atoms with van der Waals surface area (Å²) in [4.78, 5) is 15.9. The van der Waals surface area contributed by atoms with Crippen LogP contribution in [0.1, 0.15) is 16.5 Å². The van der Waals surface area contributed by atoms with Crippen molar-refractivity contribution >= 4 is 52.3 Å². The molecular weight excluding hydrogens is 346 g/mol. The van der Waals surface area contributed by atoms with Crippen LogP contribution < -0.4 is 5.32 Å². The predicted octanol–water partition coefficient (Wildman–Crippen LogP) is 3.23. The summed E-state index contributed by atoms with van der Waals surface area (Å²) in [5, 5.41) is 6.86. The summed E-state index contributed by atoms with van der Waals surface area (Å²) in [5.74, 6) is -0.445. The van der Waals surface area contributed by atoms with Crippen LogP contribution in [0, 0.1) is 0 Å². The third-order valence-electron chi connectivity index (χ3n) is 2.37. The molecule has 0 fully saturated rings. The maximum atomic E-state index is 12.1. The van der Waals surface area contributed by atoms with Crippen LogP contribution in [0.25, 0.3) is 0 Å². The molecule has 0 aliphatic rings. The lowest BCUT2D eigenvalue weighted by Crippen LogP contribution is -2.40. The molecule has 5 nitrogen and oxygen atoms in total. The molecule has 1 atom stereocenters. The number of aromatic nitrogens is 3. The highest BCUT2D eigenvalue weighted by molar-refractivity contribution is 6.67. The summed E-state index contributed by atoms with van der Waals surface area (Å²) >= 11 is 23.4. The Bertz CT molecular complexity index is 597. The van der Waals surface area contributed by atoms with Gasteiger partial charge in [-0.1, -0.05) is 52.5 Å². The number of rotatable bonds is 3. The molecule has 2 rings (SSSR count). The van der Waals surface area contributed by atoms with E-state index in [-0.39, 0.29) is 0 Å². The molecule has 1 heterocycles. The second-order valence-electron chi connectivity index (χ2n) is 3.80. The second-order valence-corrected chi connectivity index (χ2v) is 6.61. The first-order chi connectivity index (χ1) is 9.38. The largest absolute Gasteiger partial charge is 0.327 e. The first-order valence-corrected chi connectivity index (χ1v) is 6.86. The number of alkyl halides is 3. The molecule has 2 aromatic rings. The van der Waals surface area contributed by atoms with Crippen molar-refractivity contribution in [2.24, 2.45) is 0 Å². The molecule has 0 spiro atoms. The number of benzene rings is 1. The standard InChI is InChI=1S/C11H8Cl4N4O/c12-8-3-1-2-7(4-8)9(20)18-10(11(13,14)15)19-6-16-5-17-19/h1-6,10H,(H,18,20). The Morgan fingerprint density at radius 3 is 2.65 bits per heavy atom. The van der Waals surface area contributed by atoms with E-state index in [1.807, 2.05) is 0 Å². The number of carbonyl (C=O) groups excluding carboxylic acids is 1. The lowest BCUT2D eigenvalue weighted by molar-refractivity contribution is 0.0916. The average Bonchev–Trinajstić information content (AvgIpc) is 2.87. The van der Waals surface area contributed by atoms with Gasteiger partial charge >= 0.3 is 0 Å². The molecule has 106 valence electrons. The molecule has 0 bridgehead atoms. The summed E-state index contributed by atoms with van der Waals surface area (Å²) in [5.41, 5.74) is 0.344. The van der Waals surface area contributed by atoms with Gasteiger partial charge in [0.25, 0.3) is 5.91 Å². The molecule has 20 heavy (non-hydrogen) atoms. The van der Waals surface area contributed by atoms with Gasteiger partial charge in [-0.15, -0.1) is 0 Å². The van der Waals surface area contributed by atoms with E-state index in [1.165, 1.54) is 23.4 Å². The maximum absolute atomic E-state index is 12.1. The molecule has 9 heteroatoms. The third kappa shape index (κ3) is 3.76. The molecule has 1 amide bonds. The van der Waals surface area contributed by atoms with Crippen molar-refractivity contribution in [3.05, 3.63) is 47.5 Å². The minimum absolute atomic E-state index is 0.344. The van der Waals surface area contributed by atoms with Crippen molar-refractivity contribution in [2.45, 2.75) is 9.96 Å². The summed E-state index contributed by atoms with van der Waals surface area (Å²) in [6, 6.07) is 6.41. The molecule has 0 saturated carbocycles. The molecule has 0 aliphatic heterocycles. The molecule has 1 aromatic carbocycles. The Hall–Kier alpha value is -1.01. The minimum atomic E-state index is -1.79. The van der Waals surface area contributed by atoms with Gasteiger partial charge in [0.2, 0.25) is 3.79 Å². The highest BCUT2D eigenvalue weighted by Gasteiger charge is 2.36. The summed E-state index contributed by atoms with van der Waals surface area (Å²) < 4.78 is -0.544. The van der Waals surface area contributed by atoms with Gasteiger partial charge in [-0.05, 0) is 18.2 Å². The van der Waals surface area contributed by atoms with E-state index in [9.17, 15) is 4.79 Å². The first kappa shape index (κ1) is 15.4. The van der Waals surface area contributed by atoms with E-state index in [4.69, 9.17) is 46.4 Å². The highest BCUT2D eigenvalue weighted by atomic mass is 35.6. The molecule has 1 aromatic heterocycles. The Labute approximate surface area is 134 Å². The Balaban J connectivity index is 2.23. The molecule has 1 N–H and O–H groups in total. The van der Waals surface area contributed by atoms with Gasteiger partial charge in [-0.2, -0.15) is 5.10 Å². The van der Waals surface area contributed by atoms with E-state index >= 15 is 0 Å². The normalized spacial score (nSPS) is 13.0. The quantitative estimate of drug-likeness (QED) is 0.862. The van der Waals surface area contributed by atoms with E-state index in [1.54, 1.807) is 18.2 Å². The van der Waals surface area contributed by atoms with E-state index < -0.39 is 15.9 Å². The number of amides is 1. The number of nitrogens with one attached hydrogen (secondary N) is 1. The van der Waals surface area contributed by atoms with Crippen LogP contribution in [-0.4, -0.2) is 24.5 Å². The zero-order valence-electron chi connectivity index (χ0n) is 9.80. The number of halogens is 4. The maximum Gasteiger partial charge on any atom is 0.253 e. The van der Waals surface area contributed by atoms with Gasteiger partial charge < -0.3 is 5.32 Å². The van der Waals surface area contributed by atoms with Crippen LogP contribution in [0.2, 0.25) is 5.02 Å². The smallest absolute Gasteiger partial charge is 0.253 e. The van der Waals surface area contributed by atoms with Gasteiger partial charge in [0.15, 0.2) is 6.17 Å². The number of carbonyl (C=O) groups is 1. The van der Waals surface area contributed by atoms with Gasteiger partial charge in [-0.3, -0.25) is 4.79 Å². The average molecular weight is 354 g/mol. The summed E-state index contributed by atoms with van der Waals surface area (Å²) in [6.07, 6.45) is 1.61. The van der Waals surface area contributed by atoms with E-state index in [0.29, 0.717) is 10.6 Å². The van der Waals surface area contributed by atoms with Crippen molar-refractivity contribution in [1.29, 1.82) is 0 Å². The zero-order valence-corrected chi connectivity index (χ0v) is 12.8. The Morgan fingerprint density at radius 1 is 1.35 bits per heavy atom. The lowest BCUT2D eigenvalue weighted by atomic mass is 10.2. The number of nitrogens with zero attached hydrogens (tertiary/aromatic N) is 3. The van der Waals surface area contributed by atoms with Crippen molar-refractivity contribution in [2.75, 3.05) is 0 Å². The number of hydrogen-bond donors (Lipinski definition) is 1. The molecule has 1 unspecified atom stereocenters. The summed E-state index contributed by atoms with van der Waals surface area (Å²) in [7, 11) is 0. The van der Waals surface area contributed by atoms with Crippen LogP contribution in [0.5, 0.6) is 0 Å². The highest BCUT2D eigenvalue weighted by Crippen LogP contribution is 2.36. The Morgan fingerprint density at radius 2 is 2.10 bits per heavy atom. The van der Waals surface area contributed by atoms with Crippen molar-refractivity contribution in [3.63, 3.8) is 0 Å². The van der Waals surface area contributed by atoms with Gasteiger partial charge in [0.1, 0.15) is 12.7 Å². The molecule has 0 radical (unpaired) electrons. The van der Waals surface area contributed by atoms with Crippen LogP contribution in [0.15, 0.2) is 36.9 Å². The fourth-order valence-electron chi connectivity index (χ4n) is 1.49. The molecular formula is C11H8Cl4N4O. The van der Waals surface area contributed by atoms with Gasteiger partial charge in [-0.25, -0.2) is 9.67 Å².